The van der Waals surface area contributed by atoms with Crippen LogP contribution in [0, 0.1) is 0 Å². The van der Waals surface area contributed by atoms with Gasteiger partial charge in [-0.1, -0.05) is 40.2 Å². The Morgan fingerprint density at radius 3 is 2.45 bits per heavy atom. The Morgan fingerprint density at radius 1 is 1.05 bits per heavy atom. The van der Waals surface area contributed by atoms with Gasteiger partial charge in [-0.3, -0.25) is 20.4 Å². The number of rotatable bonds is 4. The van der Waals surface area contributed by atoms with Crippen molar-refractivity contribution in [2.75, 3.05) is 0 Å². The average molecular weight is 363 g/mol. The van der Waals surface area contributed by atoms with E-state index in [1.807, 2.05) is 12.1 Å². The zero-order valence-electron chi connectivity index (χ0n) is 11.9. The highest BCUT2D eigenvalue weighted by atomic mass is 79.9. The van der Waals surface area contributed by atoms with Crippen molar-refractivity contribution in [3.8, 4) is 5.75 Å². The summed E-state index contributed by atoms with van der Waals surface area (Å²) in [6.45, 7) is 1.60. The van der Waals surface area contributed by atoms with Crippen molar-refractivity contribution < 1.29 is 14.3 Å². The van der Waals surface area contributed by atoms with Gasteiger partial charge in [-0.2, -0.15) is 0 Å². The SMILES string of the molecule is C[C@@H](Oc1cccc(Br)c1)C(=O)NNC(=O)c1ccccc1. The number of benzene rings is 2. The van der Waals surface area contributed by atoms with Crippen LogP contribution < -0.4 is 15.6 Å². The van der Waals surface area contributed by atoms with Gasteiger partial charge in [-0.15, -0.1) is 0 Å². The van der Waals surface area contributed by atoms with Crippen LogP contribution in [0.25, 0.3) is 0 Å². The molecule has 114 valence electrons. The fraction of sp³-hybridized carbons (Fsp3) is 0.125. The van der Waals surface area contributed by atoms with Gasteiger partial charge in [0, 0.05) is 10.0 Å². The maximum atomic E-state index is 11.9. The standard InChI is InChI=1S/C16H15BrN2O3/c1-11(22-14-9-5-8-13(17)10-14)15(20)18-19-16(21)12-6-3-2-4-7-12/h2-11H,1H3,(H,18,20)(H,19,21)/t11-/m1/s1. The van der Waals surface area contributed by atoms with E-state index in [1.54, 1.807) is 49.4 Å². The summed E-state index contributed by atoms with van der Waals surface area (Å²) in [5, 5.41) is 0. The highest BCUT2D eigenvalue weighted by Crippen LogP contribution is 2.18. The van der Waals surface area contributed by atoms with Gasteiger partial charge in [-0.05, 0) is 37.3 Å². The minimum Gasteiger partial charge on any atom is -0.481 e. The van der Waals surface area contributed by atoms with Gasteiger partial charge in [-0.25, -0.2) is 0 Å². The first kappa shape index (κ1) is 16.0. The molecule has 0 aliphatic rings. The molecule has 1 atom stereocenters. The third-order valence-electron chi connectivity index (χ3n) is 2.81. The molecule has 0 bridgehead atoms. The van der Waals surface area contributed by atoms with Gasteiger partial charge in [0.15, 0.2) is 6.10 Å². The quantitative estimate of drug-likeness (QED) is 0.821. The lowest BCUT2D eigenvalue weighted by Gasteiger charge is -2.15. The van der Waals surface area contributed by atoms with Crippen molar-refractivity contribution in [3.63, 3.8) is 0 Å². The summed E-state index contributed by atoms with van der Waals surface area (Å²) in [6, 6.07) is 15.8. The molecule has 2 rings (SSSR count). The normalized spacial score (nSPS) is 11.4. The first-order valence-electron chi connectivity index (χ1n) is 6.64. The van der Waals surface area contributed by atoms with E-state index < -0.39 is 12.0 Å². The Morgan fingerprint density at radius 2 is 1.77 bits per heavy atom. The Hall–Kier alpha value is -2.34. The number of amides is 2. The monoisotopic (exact) mass is 362 g/mol. The lowest BCUT2D eigenvalue weighted by molar-refractivity contribution is -0.128. The van der Waals surface area contributed by atoms with E-state index in [2.05, 4.69) is 26.8 Å². The third-order valence-corrected chi connectivity index (χ3v) is 3.31. The molecule has 0 saturated carbocycles. The Balaban J connectivity index is 1.85. The molecular formula is C16H15BrN2O3. The van der Waals surface area contributed by atoms with Crippen LogP contribution in [0.2, 0.25) is 0 Å². The summed E-state index contributed by atoms with van der Waals surface area (Å²) in [7, 11) is 0. The van der Waals surface area contributed by atoms with Crippen molar-refractivity contribution >= 4 is 27.7 Å². The Kier molecular flexibility index (Phi) is 5.55. The third kappa shape index (κ3) is 4.60. The van der Waals surface area contributed by atoms with Crippen molar-refractivity contribution in [3.05, 3.63) is 64.6 Å². The molecule has 0 radical (unpaired) electrons. The molecule has 0 aliphatic heterocycles. The molecule has 0 saturated heterocycles. The molecule has 0 aliphatic carbocycles. The molecule has 2 aromatic carbocycles. The van der Waals surface area contributed by atoms with Crippen molar-refractivity contribution in [2.45, 2.75) is 13.0 Å². The van der Waals surface area contributed by atoms with E-state index in [9.17, 15) is 9.59 Å². The van der Waals surface area contributed by atoms with Crippen LogP contribution in [0.15, 0.2) is 59.1 Å². The number of hydrogen-bond acceptors (Lipinski definition) is 3. The highest BCUT2D eigenvalue weighted by molar-refractivity contribution is 9.10. The fourth-order valence-corrected chi connectivity index (χ4v) is 2.06. The maximum absolute atomic E-state index is 11.9. The minimum absolute atomic E-state index is 0.386. The topological polar surface area (TPSA) is 67.4 Å². The van der Waals surface area contributed by atoms with Gasteiger partial charge in [0.2, 0.25) is 0 Å². The lowest BCUT2D eigenvalue weighted by atomic mass is 10.2. The zero-order chi connectivity index (χ0) is 15.9. The fourth-order valence-electron chi connectivity index (χ4n) is 1.68. The highest BCUT2D eigenvalue weighted by Gasteiger charge is 2.15. The lowest BCUT2D eigenvalue weighted by Crippen LogP contribution is -2.47. The molecule has 0 unspecified atom stereocenters. The molecule has 0 fully saturated rings. The molecule has 0 spiro atoms. The summed E-state index contributed by atoms with van der Waals surface area (Å²) in [5.74, 6) is -0.265. The summed E-state index contributed by atoms with van der Waals surface area (Å²) >= 11 is 3.33. The molecule has 0 heterocycles. The predicted octanol–water partition coefficient (Wildman–Crippen LogP) is 2.68. The minimum atomic E-state index is -0.745. The van der Waals surface area contributed by atoms with Gasteiger partial charge in [0.05, 0.1) is 0 Å². The zero-order valence-corrected chi connectivity index (χ0v) is 13.5. The van der Waals surface area contributed by atoms with E-state index in [0.29, 0.717) is 11.3 Å². The Bertz CT molecular complexity index is 661. The van der Waals surface area contributed by atoms with Crippen LogP contribution in [0.1, 0.15) is 17.3 Å². The maximum Gasteiger partial charge on any atom is 0.279 e. The van der Waals surface area contributed by atoms with E-state index in [4.69, 9.17) is 4.74 Å². The molecule has 2 aromatic rings. The number of halogens is 1. The van der Waals surface area contributed by atoms with E-state index in [-0.39, 0.29) is 5.91 Å². The molecule has 6 heteroatoms. The Labute approximate surface area is 136 Å². The second-order valence-electron chi connectivity index (χ2n) is 4.53. The van der Waals surface area contributed by atoms with Crippen LogP contribution in [0.5, 0.6) is 5.75 Å². The predicted molar refractivity (Wildman–Crippen MR) is 86.3 cm³/mol. The summed E-state index contributed by atoms with van der Waals surface area (Å²) in [6.07, 6.45) is -0.745. The first-order valence-corrected chi connectivity index (χ1v) is 7.43. The van der Waals surface area contributed by atoms with Gasteiger partial charge < -0.3 is 4.74 Å². The molecule has 2 N–H and O–H groups in total. The van der Waals surface area contributed by atoms with Crippen molar-refractivity contribution in [1.82, 2.24) is 10.9 Å². The van der Waals surface area contributed by atoms with E-state index in [0.717, 1.165) is 4.47 Å². The van der Waals surface area contributed by atoms with Crippen LogP contribution in [0.4, 0.5) is 0 Å². The molecule has 5 nitrogen and oxygen atoms in total. The summed E-state index contributed by atoms with van der Waals surface area (Å²) < 4.78 is 6.36. The number of ether oxygens (including phenoxy) is 1. The molecule has 2 amide bonds. The average Bonchev–Trinajstić information content (AvgIpc) is 2.53. The van der Waals surface area contributed by atoms with Gasteiger partial charge in [0.1, 0.15) is 5.75 Å². The van der Waals surface area contributed by atoms with E-state index >= 15 is 0 Å². The van der Waals surface area contributed by atoms with E-state index in [1.165, 1.54) is 0 Å². The van der Waals surface area contributed by atoms with Crippen LogP contribution in [-0.4, -0.2) is 17.9 Å². The number of hydrazine groups is 1. The summed E-state index contributed by atoms with van der Waals surface area (Å²) in [5.41, 5.74) is 5.15. The van der Waals surface area contributed by atoms with Crippen LogP contribution in [-0.2, 0) is 4.79 Å². The first-order chi connectivity index (χ1) is 10.6. The van der Waals surface area contributed by atoms with Crippen LogP contribution in [0.3, 0.4) is 0 Å². The number of carbonyl (C=O) groups excluding carboxylic acids is 2. The van der Waals surface area contributed by atoms with Crippen LogP contribution >= 0.6 is 15.9 Å². The number of nitrogens with one attached hydrogen (secondary N) is 2. The smallest absolute Gasteiger partial charge is 0.279 e. The largest absolute Gasteiger partial charge is 0.481 e. The number of carbonyl (C=O) groups is 2. The number of hydrogen-bond donors (Lipinski definition) is 2. The van der Waals surface area contributed by atoms with Gasteiger partial charge in [0.25, 0.3) is 11.8 Å². The molecule has 22 heavy (non-hydrogen) atoms. The molecular weight excluding hydrogens is 348 g/mol. The second kappa shape index (κ2) is 7.61. The van der Waals surface area contributed by atoms with Crippen molar-refractivity contribution in [1.29, 1.82) is 0 Å². The van der Waals surface area contributed by atoms with Gasteiger partial charge >= 0.3 is 0 Å². The second-order valence-corrected chi connectivity index (χ2v) is 5.44. The van der Waals surface area contributed by atoms with Crippen molar-refractivity contribution in [2.24, 2.45) is 0 Å². The summed E-state index contributed by atoms with van der Waals surface area (Å²) in [4.78, 5) is 23.7. The molecule has 0 aromatic heterocycles.